The van der Waals surface area contributed by atoms with Crippen LogP contribution in [0.2, 0.25) is 0 Å². The number of benzene rings is 2. The van der Waals surface area contributed by atoms with Gasteiger partial charge in [0.2, 0.25) is 0 Å². The molecule has 0 fully saturated rings. The van der Waals surface area contributed by atoms with Crippen molar-refractivity contribution in [3.05, 3.63) is 64.8 Å². The Labute approximate surface area is 165 Å². The lowest BCUT2D eigenvalue weighted by atomic mass is 10.2. The largest absolute Gasteiger partial charge is 0.462 e. The number of para-hydroxylation sites is 2. The SMILES string of the molecule is CCOC(=O)/C(C#N)=C/Nc1ccccc1NS(=O)(=O)c1ccc(Br)cc1. The molecule has 0 saturated heterocycles. The Morgan fingerprint density at radius 1 is 1.19 bits per heavy atom. The Kier molecular flexibility index (Phi) is 6.98. The molecule has 2 rings (SSSR count). The first-order valence-electron chi connectivity index (χ1n) is 7.78. The fourth-order valence-electron chi connectivity index (χ4n) is 2.01. The first kappa shape index (κ1) is 20.5. The predicted octanol–water partition coefficient (Wildman–Crippen LogP) is 3.63. The van der Waals surface area contributed by atoms with Crippen LogP contribution in [-0.2, 0) is 19.6 Å². The Morgan fingerprint density at radius 3 is 2.41 bits per heavy atom. The summed E-state index contributed by atoms with van der Waals surface area (Å²) >= 11 is 3.26. The number of halogens is 1. The number of hydrogen-bond donors (Lipinski definition) is 2. The smallest absolute Gasteiger partial charge is 0.350 e. The highest BCUT2D eigenvalue weighted by molar-refractivity contribution is 9.10. The molecule has 0 saturated carbocycles. The number of sulfonamides is 1. The minimum atomic E-state index is -3.81. The summed E-state index contributed by atoms with van der Waals surface area (Å²) in [5.41, 5.74) is 0.399. The van der Waals surface area contributed by atoms with Crippen LogP contribution in [-0.4, -0.2) is 21.0 Å². The molecule has 0 aliphatic carbocycles. The van der Waals surface area contributed by atoms with Gasteiger partial charge in [-0.05, 0) is 43.3 Å². The molecule has 0 aliphatic rings. The standard InChI is InChI=1S/C18H16BrN3O4S/c1-2-26-18(23)13(11-20)12-21-16-5-3-4-6-17(16)22-27(24,25)15-9-7-14(19)8-10-15/h3-10,12,21-22H,2H2,1H3/b13-12+. The van der Waals surface area contributed by atoms with Gasteiger partial charge in [-0.15, -0.1) is 0 Å². The van der Waals surface area contributed by atoms with Crippen molar-refractivity contribution in [3.63, 3.8) is 0 Å². The number of nitriles is 1. The third-order valence-electron chi connectivity index (χ3n) is 3.28. The first-order valence-corrected chi connectivity index (χ1v) is 10.1. The van der Waals surface area contributed by atoms with Crippen molar-refractivity contribution in [3.8, 4) is 6.07 Å². The zero-order chi connectivity index (χ0) is 19.9. The number of carbonyl (C=O) groups excluding carboxylic acids is 1. The van der Waals surface area contributed by atoms with E-state index in [-0.39, 0.29) is 22.8 Å². The minimum Gasteiger partial charge on any atom is -0.462 e. The molecular formula is C18H16BrN3O4S. The number of anilines is 2. The maximum atomic E-state index is 12.6. The van der Waals surface area contributed by atoms with Gasteiger partial charge < -0.3 is 10.1 Å². The molecule has 0 aliphatic heterocycles. The van der Waals surface area contributed by atoms with E-state index < -0.39 is 16.0 Å². The van der Waals surface area contributed by atoms with Crippen LogP contribution < -0.4 is 10.0 Å². The van der Waals surface area contributed by atoms with E-state index in [1.54, 1.807) is 49.4 Å². The lowest BCUT2D eigenvalue weighted by molar-refractivity contribution is -0.138. The number of hydrogen-bond acceptors (Lipinski definition) is 6. The Hall–Kier alpha value is -2.83. The average molecular weight is 450 g/mol. The molecule has 0 amide bonds. The molecule has 9 heteroatoms. The second kappa shape index (κ2) is 9.21. The highest BCUT2D eigenvalue weighted by Crippen LogP contribution is 2.25. The van der Waals surface area contributed by atoms with Crippen LogP contribution in [0.5, 0.6) is 0 Å². The average Bonchev–Trinajstić information content (AvgIpc) is 2.64. The molecule has 0 atom stereocenters. The van der Waals surface area contributed by atoms with Crippen molar-refractivity contribution in [2.45, 2.75) is 11.8 Å². The summed E-state index contributed by atoms with van der Waals surface area (Å²) in [5.74, 6) is -0.763. The topological polar surface area (TPSA) is 108 Å². The van der Waals surface area contributed by atoms with E-state index in [4.69, 9.17) is 10.00 Å². The molecule has 27 heavy (non-hydrogen) atoms. The zero-order valence-corrected chi connectivity index (χ0v) is 16.7. The monoisotopic (exact) mass is 449 g/mol. The van der Waals surface area contributed by atoms with Gasteiger partial charge in [-0.2, -0.15) is 5.26 Å². The number of esters is 1. The summed E-state index contributed by atoms with van der Waals surface area (Å²) in [6.07, 6.45) is 1.17. The number of carbonyl (C=O) groups is 1. The van der Waals surface area contributed by atoms with E-state index in [0.29, 0.717) is 5.69 Å². The van der Waals surface area contributed by atoms with Crippen molar-refractivity contribution in [2.75, 3.05) is 16.6 Å². The molecule has 0 heterocycles. The van der Waals surface area contributed by atoms with Crippen molar-refractivity contribution < 1.29 is 17.9 Å². The van der Waals surface area contributed by atoms with Crippen LogP contribution in [0.15, 0.2) is 69.7 Å². The van der Waals surface area contributed by atoms with Gasteiger partial charge in [0.15, 0.2) is 5.57 Å². The molecule has 2 aromatic rings. The van der Waals surface area contributed by atoms with Gasteiger partial charge in [-0.3, -0.25) is 4.72 Å². The lowest BCUT2D eigenvalue weighted by Crippen LogP contribution is -2.14. The van der Waals surface area contributed by atoms with E-state index in [0.717, 1.165) is 4.47 Å². The third-order valence-corrected chi connectivity index (χ3v) is 5.19. The first-order chi connectivity index (χ1) is 12.9. The zero-order valence-electron chi connectivity index (χ0n) is 14.3. The predicted molar refractivity (Wildman–Crippen MR) is 105 cm³/mol. The Bertz CT molecular complexity index is 996. The van der Waals surface area contributed by atoms with Crippen molar-refractivity contribution in [1.82, 2.24) is 0 Å². The quantitative estimate of drug-likeness (QED) is 0.379. The molecule has 2 aromatic carbocycles. The maximum absolute atomic E-state index is 12.6. The van der Waals surface area contributed by atoms with Crippen molar-refractivity contribution >= 4 is 43.3 Å². The minimum absolute atomic E-state index is 0.0975. The molecular weight excluding hydrogens is 434 g/mol. The van der Waals surface area contributed by atoms with Gasteiger partial charge >= 0.3 is 5.97 Å². The van der Waals surface area contributed by atoms with Crippen LogP contribution >= 0.6 is 15.9 Å². The second-order valence-electron chi connectivity index (χ2n) is 5.14. The number of rotatable bonds is 7. The van der Waals surface area contributed by atoms with Gasteiger partial charge in [-0.25, -0.2) is 13.2 Å². The van der Waals surface area contributed by atoms with E-state index >= 15 is 0 Å². The molecule has 0 radical (unpaired) electrons. The number of nitrogens with zero attached hydrogens (tertiary/aromatic N) is 1. The fraction of sp³-hybridized carbons (Fsp3) is 0.111. The molecule has 140 valence electrons. The van der Waals surface area contributed by atoms with Crippen LogP contribution in [0.4, 0.5) is 11.4 Å². The Morgan fingerprint density at radius 2 is 1.81 bits per heavy atom. The fourth-order valence-corrected chi connectivity index (χ4v) is 3.36. The van der Waals surface area contributed by atoms with Crippen molar-refractivity contribution in [1.29, 1.82) is 5.26 Å². The molecule has 0 aromatic heterocycles. The van der Waals surface area contributed by atoms with Crippen molar-refractivity contribution in [2.24, 2.45) is 0 Å². The molecule has 2 N–H and O–H groups in total. The lowest BCUT2D eigenvalue weighted by Gasteiger charge is -2.13. The van der Waals surface area contributed by atoms with Crippen LogP contribution in [0, 0.1) is 11.3 Å². The van der Waals surface area contributed by atoms with Gasteiger partial charge in [0.05, 0.1) is 22.9 Å². The molecule has 0 bridgehead atoms. The summed E-state index contributed by atoms with van der Waals surface area (Å²) < 4.78 is 33.1. The van der Waals surface area contributed by atoms with Gasteiger partial charge in [0.1, 0.15) is 6.07 Å². The second-order valence-corrected chi connectivity index (χ2v) is 7.74. The summed E-state index contributed by atoms with van der Waals surface area (Å²) in [6.45, 7) is 1.77. The van der Waals surface area contributed by atoms with Gasteiger partial charge in [0, 0.05) is 10.7 Å². The van der Waals surface area contributed by atoms with Crippen LogP contribution in [0.25, 0.3) is 0 Å². The Balaban J connectivity index is 2.26. The van der Waals surface area contributed by atoms with Crippen LogP contribution in [0.1, 0.15) is 6.92 Å². The van der Waals surface area contributed by atoms with E-state index in [1.807, 2.05) is 0 Å². The van der Waals surface area contributed by atoms with Gasteiger partial charge in [0.25, 0.3) is 10.0 Å². The third kappa shape index (κ3) is 5.57. The summed E-state index contributed by atoms with van der Waals surface area (Å²) in [7, 11) is -3.81. The molecule has 0 spiro atoms. The number of ether oxygens (including phenoxy) is 1. The normalized spacial score (nSPS) is 11.4. The highest BCUT2D eigenvalue weighted by Gasteiger charge is 2.16. The summed E-state index contributed by atoms with van der Waals surface area (Å²) in [4.78, 5) is 11.8. The molecule has 7 nitrogen and oxygen atoms in total. The summed E-state index contributed by atoms with van der Waals surface area (Å²) in [6, 6.07) is 14.4. The number of nitrogens with one attached hydrogen (secondary N) is 2. The van der Waals surface area contributed by atoms with Gasteiger partial charge in [-0.1, -0.05) is 28.1 Å². The van der Waals surface area contributed by atoms with E-state index in [1.165, 1.54) is 18.3 Å². The molecule has 0 unspecified atom stereocenters. The van der Waals surface area contributed by atoms with E-state index in [2.05, 4.69) is 26.0 Å². The summed E-state index contributed by atoms with van der Waals surface area (Å²) in [5, 5.41) is 11.8. The van der Waals surface area contributed by atoms with E-state index in [9.17, 15) is 13.2 Å². The maximum Gasteiger partial charge on any atom is 0.350 e. The highest BCUT2D eigenvalue weighted by atomic mass is 79.9. The van der Waals surface area contributed by atoms with Crippen LogP contribution in [0.3, 0.4) is 0 Å².